The number of nitrogens with zero attached hydrogens (tertiary/aromatic N) is 2. The lowest BCUT2D eigenvalue weighted by atomic mass is 10.1. The van der Waals surface area contributed by atoms with Crippen molar-refractivity contribution in [2.75, 3.05) is 0 Å². The molecule has 1 aromatic carbocycles. The first-order valence-electron chi connectivity index (χ1n) is 5.32. The molecule has 3 nitrogen and oxygen atoms in total. The summed E-state index contributed by atoms with van der Waals surface area (Å²) in [4.78, 5) is 7.03. The minimum Gasteiger partial charge on any atom is -0.460 e. The maximum Gasteiger partial charge on any atom is 0.429 e. The summed E-state index contributed by atoms with van der Waals surface area (Å²) in [6.45, 7) is 0. The van der Waals surface area contributed by atoms with Gasteiger partial charge in [0.05, 0.1) is 0 Å². The maximum absolute atomic E-state index is 13.0. The van der Waals surface area contributed by atoms with Gasteiger partial charge in [-0.3, -0.25) is 0 Å². The van der Waals surface area contributed by atoms with E-state index in [1.807, 2.05) is 0 Å². The lowest BCUT2D eigenvalue weighted by Gasteiger charge is -2.21. The van der Waals surface area contributed by atoms with Gasteiger partial charge in [0.15, 0.2) is 11.6 Å². The molecule has 0 aliphatic rings. The highest BCUT2D eigenvalue weighted by Gasteiger charge is 2.43. The minimum atomic E-state index is -4.81. The Labute approximate surface area is 110 Å². The van der Waals surface area contributed by atoms with Crippen LogP contribution >= 0.6 is 0 Å². The Hall–Kier alpha value is -2.25. The minimum absolute atomic E-state index is 0.327. The molecule has 0 aliphatic heterocycles. The third-order valence-corrected chi connectivity index (χ3v) is 2.34. The molecular weight excluding hydrogens is 283 g/mol. The van der Waals surface area contributed by atoms with Crippen LogP contribution in [0.25, 0.3) is 0 Å². The van der Waals surface area contributed by atoms with Crippen molar-refractivity contribution in [3.63, 3.8) is 0 Å². The molecule has 1 atom stereocenters. The molecule has 1 aromatic heterocycles. The number of ether oxygens (including phenoxy) is 1. The highest BCUT2D eigenvalue weighted by atomic mass is 19.4. The molecule has 20 heavy (non-hydrogen) atoms. The smallest absolute Gasteiger partial charge is 0.429 e. The molecule has 0 spiro atoms. The van der Waals surface area contributed by atoms with Crippen molar-refractivity contribution in [1.82, 2.24) is 9.97 Å². The van der Waals surface area contributed by atoms with E-state index < -0.39 is 29.5 Å². The fourth-order valence-electron chi connectivity index (χ4n) is 1.47. The lowest BCUT2D eigenvalue weighted by Crippen LogP contribution is -2.26. The van der Waals surface area contributed by atoms with Gasteiger partial charge in [-0.1, -0.05) is 6.07 Å². The molecule has 0 saturated heterocycles. The summed E-state index contributed by atoms with van der Waals surface area (Å²) in [7, 11) is 0. The third kappa shape index (κ3) is 3.19. The summed E-state index contributed by atoms with van der Waals surface area (Å²) >= 11 is 0. The zero-order valence-corrected chi connectivity index (χ0v) is 9.73. The van der Waals surface area contributed by atoms with Gasteiger partial charge in [-0.25, -0.2) is 18.7 Å². The van der Waals surface area contributed by atoms with E-state index in [2.05, 4.69) is 9.97 Å². The Morgan fingerprint density at radius 1 is 1.05 bits per heavy atom. The fourth-order valence-corrected chi connectivity index (χ4v) is 1.47. The first-order valence-corrected chi connectivity index (χ1v) is 5.32. The predicted molar refractivity (Wildman–Crippen MR) is 57.8 cm³/mol. The normalized spacial score (nSPS) is 13.1. The van der Waals surface area contributed by atoms with Crippen molar-refractivity contribution in [3.05, 3.63) is 54.0 Å². The van der Waals surface area contributed by atoms with Gasteiger partial charge in [0.1, 0.15) is 6.33 Å². The summed E-state index contributed by atoms with van der Waals surface area (Å²) in [5.41, 5.74) is -0.560. The van der Waals surface area contributed by atoms with Crippen LogP contribution in [-0.4, -0.2) is 16.1 Å². The summed E-state index contributed by atoms with van der Waals surface area (Å²) < 4.78 is 69.3. The van der Waals surface area contributed by atoms with Crippen LogP contribution in [0.2, 0.25) is 0 Å². The quantitative estimate of drug-likeness (QED) is 0.812. The number of hydrogen-bond acceptors (Lipinski definition) is 3. The van der Waals surface area contributed by atoms with E-state index in [-0.39, 0.29) is 5.88 Å². The van der Waals surface area contributed by atoms with E-state index >= 15 is 0 Å². The highest BCUT2D eigenvalue weighted by molar-refractivity contribution is 5.23. The number of benzene rings is 1. The Morgan fingerprint density at radius 3 is 2.35 bits per heavy atom. The zero-order chi connectivity index (χ0) is 14.8. The Morgan fingerprint density at radius 2 is 1.80 bits per heavy atom. The van der Waals surface area contributed by atoms with Gasteiger partial charge < -0.3 is 4.74 Å². The Bertz CT molecular complexity index is 588. The number of alkyl halides is 3. The maximum atomic E-state index is 13.0. The van der Waals surface area contributed by atoms with Crippen LogP contribution < -0.4 is 4.74 Å². The summed E-state index contributed by atoms with van der Waals surface area (Å²) in [6.07, 6.45) is -5.06. The fraction of sp³-hybridized carbons (Fsp3) is 0.167. The van der Waals surface area contributed by atoms with Gasteiger partial charge in [-0.2, -0.15) is 13.2 Å². The molecule has 0 amide bonds. The van der Waals surface area contributed by atoms with Crippen molar-refractivity contribution in [2.24, 2.45) is 0 Å². The highest BCUT2D eigenvalue weighted by Crippen LogP contribution is 2.36. The molecule has 0 aliphatic carbocycles. The predicted octanol–water partition coefficient (Wildman–Crippen LogP) is 3.44. The molecule has 0 radical (unpaired) electrons. The average molecular weight is 290 g/mol. The molecule has 0 bridgehead atoms. The van der Waals surface area contributed by atoms with Crippen molar-refractivity contribution in [1.29, 1.82) is 0 Å². The average Bonchev–Trinajstić information content (AvgIpc) is 2.39. The van der Waals surface area contributed by atoms with Crippen molar-refractivity contribution >= 4 is 0 Å². The number of aromatic nitrogens is 2. The zero-order valence-electron chi connectivity index (χ0n) is 9.73. The van der Waals surface area contributed by atoms with Crippen molar-refractivity contribution in [2.45, 2.75) is 12.3 Å². The van der Waals surface area contributed by atoms with E-state index in [4.69, 9.17) is 4.74 Å². The third-order valence-electron chi connectivity index (χ3n) is 2.34. The van der Waals surface area contributed by atoms with Crippen LogP contribution in [0.3, 0.4) is 0 Å². The second kappa shape index (κ2) is 5.40. The van der Waals surface area contributed by atoms with Gasteiger partial charge >= 0.3 is 6.18 Å². The molecule has 0 saturated carbocycles. The van der Waals surface area contributed by atoms with Crippen LogP contribution in [0.1, 0.15) is 11.7 Å². The van der Waals surface area contributed by atoms with Gasteiger partial charge in [-0.05, 0) is 12.1 Å². The van der Waals surface area contributed by atoms with Crippen molar-refractivity contribution in [3.8, 4) is 5.88 Å². The SMILES string of the molecule is Fc1ccc(C(Oc2ccncn2)C(F)(F)F)cc1F. The molecular formula is C12H7F5N2O. The van der Waals surface area contributed by atoms with Gasteiger partial charge in [0, 0.05) is 17.8 Å². The van der Waals surface area contributed by atoms with Gasteiger partial charge in [0.25, 0.3) is 0 Å². The van der Waals surface area contributed by atoms with Crippen LogP contribution in [0.5, 0.6) is 5.88 Å². The first kappa shape index (κ1) is 14.2. The largest absolute Gasteiger partial charge is 0.460 e. The Kier molecular flexibility index (Phi) is 3.82. The van der Waals surface area contributed by atoms with Crippen LogP contribution in [0, 0.1) is 11.6 Å². The van der Waals surface area contributed by atoms with Crippen LogP contribution in [0.15, 0.2) is 36.8 Å². The van der Waals surface area contributed by atoms with E-state index in [1.54, 1.807) is 0 Å². The topological polar surface area (TPSA) is 35.0 Å². The first-order chi connectivity index (χ1) is 9.38. The molecule has 2 rings (SSSR count). The number of rotatable bonds is 3. The lowest BCUT2D eigenvalue weighted by molar-refractivity contribution is -0.198. The van der Waals surface area contributed by atoms with Gasteiger partial charge in [-0.15, -0.1) is 0 Å². The summed E-state index contributed by atoms with van der Waals surface area (Å²) in [6, 6.07) is 2.97. The van der Waals surface area contributed by atoms with E-state index in [9.17, 15) is 22.0 Å². The molecule has 2 aromatic rings. The molecule has 1 unspecified atom stereocenters. The standard InChI is InChI=1S/C12H7F5N2O/c13-8-2-1-7(5-9(8)14)11(12(15,16)17)20-10-3-4-18-6-19-10/h1-6,11H. The van der Waals surface area contributed by atoms with Crippen LogP contribution in [-0.2, 0) is 0 Å². The van der Waals surface area contributed by atoms with E-state index in [1.165, 1.54) is 6.20 Å². The summed E-state index contributed by atoms with van der Waals surface area (Å²) in [5, 5.41) is 0. The van der Waals surface area contributed by atoms with Crippen molar-refractivity contribution < 1.29 is 26.7 Å². The monoisotopic (exact) mass is 290 g/mol. The molecule has 8 heteroatoms. The molecule has 0 N–H and O–H groups in total. The van der Waals surface area contributed by atoms with Gasteiger partial charge in [0.2, 0.25) is 12.0 Å². The second-order valence-electron chi connectivity index (χ2n) is 3.76. The number of halogens is 5. The molecule has 0 fully saturated rings. The van der Waals surface area contributed by atoms with E-state index in [0.717, 1.165) is 18.5 Å². The molecule has 106 valence electrons. The second-order valence-corrected chi connectivity index (χ2v) is 3.76. The van der Waals surface area contributed by atoms with E-state index in [0.29, 0.717) is 12.1 Å². The summed E-state index contributed by atoms with van der Waals surface area (Å²) in [5.74, 6) is -2.95. The molecule has 1 heterocycles. The number of hydrogen-bond donors (Lipinski definition) is 0. The Balaban J connectivity index is 2.35. The van der Waals surface area contributed by atoms with Crippen LogP contribution in [0.4, 0.5) is 22.0 Å².